The Hall–Kier alpha value is -3.67. The normalized spacial score (nSPS) is 19.7. The summed E-state index contributed by atoms with van der Waals surface area (Å²) in [5.41, 5.74) is 2.84. The van der Waals surface area contributed by atoms with E-state index in [1.165, 1.54) is 17.7 Å². The minimum atomic E-state index is -5.08. The fourth-order valence-electron chi connectivity index (χ4n) is 4.50. The Morgan fingerprint density at radius 1 is 1.09 bits per heavy atom. The maximum absolute atomic E-state index is 13.3. The average molecular weight is 493 g/mol. The van der Waals surface area contributed by atoms with Gasteiger partial charge in [-0.25, -0.2) is 9.18 Å². The van der Waals surface area contributed by atoms with Gasteiger partial charge in [-0.05, 0) is 29.8 Å². The van der Waals surface area contributed by atoms with E-state index in [0.29, 0.717) is 6.54 Å². The molecule has 1 N–H and O–H groups in total. The topological polar surface area (TPSA) is 83.6 Å². The van der Waals surface area contributed by atoms with E-state index in [1.807, 2.05) is 47.4 Å². The van der Waals surface area contributed by atoms with Crippen LogP contribution in [0.1, 0.15) is 27.7 Å². The molecule has 186 valence electrons. The number of benzene rings is 1. The lowest BCUT2D eigenvalue weighted by Crippen LogP contribution is -2.49. The van der Waals surface area contributed by atoms with Crippen LogP contribution in [0.3, 0.4) is 0 Å². The zero-order chi connectivity index (χ0) is 25.3. The Labute approximate surface area is 198 Å². The number of carboxylic acids is 1. The molecule has 3 aromatic rings. The van der Waals surface area contributed by atoms with Crippen molar-refractivity contribution in [3.05, 3.63) is 77.6 Å². The number of hydrogen-bond acceptors (Lipinski definition) is 4. The number of alkyl halides is 3. The number of aryl methyl sites for hydroxylation is 1. The third-order valence-corrected chi connectivity index (χ3v) is 6.02. The molecule has 0 saturated carbocycles. The Bertz CT molecular complexity index is 1200. The van der Waals surface area contributed by atoms with Crippen LogP contribution in [0.5, 0.6) is 0 Å². The van der Waals surface area contributed by atoms with E-state index in [2.05, 4.69) is 14.6 Å². The fourth-order valence-corrected chi connectivity index (χ4v) is 4.50. The van der Waals surface area contributed by atoms with Crippen LogP contribution in [0, 0.1) is 5.82 Å². The summed E-state index contributed by atoms with van der Waals surface area (Å²) < 4.78 is 48.9. The van der Waals surface area contributed by atoms with Crippen molar-refractivity contribution in [2.45, 2.75) is 31.3 Å². The Morgan fingerprint density at radius 2 is 1.74 bits per heavy atom. The molecule has 0 spiro atoms. The molecule has 4 heterocycles. The van der Waals surface area contributed by atoms with Gasteiger partial charge in [0.05, 0.1) is 18.3 Å². The number of fused-ring (bicyclic) bond motifs is 3. The number of carbonyl (C=O) groups is 2. The Kier molecular flexibility index (Phi) is 6.66. The first-order chi connectivity index (χ1) is 16.5. The summed E-state index contributed by atoms with van der Waals surface area (Å²) in [5, 5.41) is 11.4. The van der Waals surface area contributed by atoms with Crippen LogP contribution >= 0.6 is 0 Å². The largest absolute Gasteiger partial charge is 0.490 e. The molecule has 1 fully saturated rings. The molecule has 0 radical (unpaired) electrons. The Morgan fingerprint density at radius 3 is 2.34 bits per heavy atom. The maximum Gasteiger partial charge on any atom is 0.490 e. The van der Waals surface area contributed by atoms with E-state index in [0.717, 1.165) is 30.9 Å². The molecular formula is C23H23F4N5O3. The first-order valence-electron chi connectivity index (χ1n) is 10.7. The monoisotopic (exact) mass is 493 g/mol. The van der Waals surface area contributed by atoms with Gasteiger partial charge in [0.1, 0.15) is 11.5 Å². The van der Waals surface area contributed by atoms with Crippen molar-refractivity contribution >= 4 is 11.9 Å². The summed E-state index contributed by atoms with van der Waals surface area (Å²) >= 11 is 0. The van der Waals surface area contributed by atoms with Crippen LogP contribution in [0.2, 0.25) is 0 Å². The molecule has 1 saturated heterocycles. The molecule has 2 aliphatic heterocycles. The van der Waals surface area contributed by atoms with Crippen molar-refractivity contribution in [2.75, 3.05) is 13.1 Å². The van der Waals surface area contributed by atoms with Crippen LogP contribution in [-0.4, -0.2) is 66.4 Å². The summed E-state index contributed by atoms with van der Waals surface area (Å²) in [4.78, 5) is 26.4. The summed E-state index contributed by atoms with van der Waals surface area (Å²) in [6.07, 6.45) is 0.850. The van der Waals surface area contributed by atoms with E-state index in [-0.39, 0.29) is 23.8 Å². The molecule has 1 aromatic carbocycles. The first kappa shape index (κ1) is 24.5. The van der Waals surface area contributed by atoms with Gasteiger partial charge in [0, 0.05) is 51.2 Å². The van der Waals surface area contributed by atoms with Gasteiger partial charge in [-0.15, -0.1) is 0 Å². The van der Waals surface area contributed by atoms with Crippen LogP contribution in [0.4, 0.5) is 17.6 Å². The van der Waals surface area contributed by atoms with Crippen molar-refractivity contribution in [2.24, 2.45) is 7.05 Å². The predicted octanol–water partition coefficient (Wildman–Crippen LogP) is 3.08. The van der Waals surface area contributed by atoms with Crippen LogP contribution in [0.15, 0.2) is 55.0 Å². The summed E-state index contributed by atoms with van der Waals surface area (Å²) in [5.74, 6) is -2.98. The Balaban J connectivity index is 0.000000364. The number of nitrogens with zero attached hydrogens (tertiary/aromatic N) is 5. The lowest BCUT2D eigenvalue weighted by molar-refractivity contribution is -0.192. The molecule has 35 heavy (non-hydrogen) atoms. The fraction of sp³-hybridized carbons (Fsp3) is 0.348. The second kappa shape index (κ2) is 9.53. The number of halogens is 4. The molecule has 0 aliphatic carbocycles. The molecule has 2 unspecified atom stereocenters. The van der Waals surface area contributed by atoms with Crippen molar-refractivity contribution < 1.29 is 32.3 Å². The van der Waals surface area contributed by atoms with Crippen molar-refractivity contribution in [3.63, 3.8) is 0 Å². The molecule has 2 aromatic heterocycles. The molecule has 8 nitrogen and oxygen atoms in total. The maximum atomic E-state index is 13.3. The third kappa shape index (κ3) is 5.37. The van der Waals surface area contributed by atoms with E-state index >= 15 is 0 Å². The number of aliphatic carboxylic acids is 1. The van der Waals surface area contributed by atoms with E-state index in [1.54, 1.807) is 12.1 Å². The van der Waals surface area contributed by atoms with Crippen molar-refractivity contribution in [1.29, 1.82) is 0 Å². The van der Waals surface area contributed by atoms with E-state index < -0.39 is 12.1 Å². The minimum Gasteiger partial charge on any atom is -0.475 e. The van der Waals surface area contributed by atoms with Crippen molar-refractivity contribution in [3.8, 4) is 0 Å². The highest BCUT2D eigenvalue weighted by Gasteiger charge is 2.44. The second-order valence-corrected chi connectivity index (χ2v) is 8.51. The number of rotatable bonds is 4. The minimum absolute atomic E-state index is 0.0406. The van der Waals surface area contributed by atoms with Crippen molar-refractivity contribution in [1.82, 2.24) is 24.1 Å². The number of carboxylic acid groups (broad SMARTS) is 1. The van der Waals surface area contributed by atoms with Gasteiger partial charge >= 0.3 is 12.1 Å². The first-order valence-corrected chi connectivity index (χ1v) is 10.7. The zero-order valence-corrected chi connectivity index (χ0v) is 18.7. The number of hydrogen-bond donors (Lipinski definition) is 1. The van der Waals surface area contributed by atoms with Crippen LogP contribution < -0.4 is 0 Å². The predicted molar refractivity (Wildman–Crippen MR) is 116 cm³/mol. The van der Waals surface area contributed by atoms with Gasteiger partial charge in [0.25, 0.3) is 5.91 Å². The summed E-state index contributed by atoms with van der Waals surface area (Å²) in [6.45, 7) is 3.00. The molecule has 5 rings (SSSR count). The number of aromatic nitrogens is 3. The lowest BCUT2D eigenvalue weighted by Gasteiger charge is -2.38. The highest BCUT2D eigenvalue weighted by molar-refractivity contribution is 5.94. The zero-order valence-electron chi connectivity index (χ0n) is 18.7. The van der Waals surface area contributed by atoms with Gasteiger partial charge in [0.2, 0.25) is 0 Å². The van der Waals surface area contributed by atoms with E-state index in [9.17, 15) is 22.4 Å². The highest BCUT2D eigenvalue weighted by Crippen LogP contribution is 2.35. The molecular weight excluding hydrogens is 470 g/mol. The van der Waals surface area contributed by atoms with Gasteiger partial charge in [0.15, 0.2) is 0 Å². The smallest absolute Gasteiger partial charge is 0.475 e. The molecule has 2 aliphatic rings. The number of amides is 1. The molecule has 12 heteroatoms. The quantitative estimate of drug-likeness (QED) is 0.565. The summed E-state index contributed by atoms with van der Waals surface area (Å²) in [7, 11) is 1.92. The van der Waals surface area contributed by atoms with Gasteiger partial charge in [-0.2, -0.15) is 18.3 Å². The highest BCUT2D eigenvalue weighted by atomic mass is 19.4. The van der Waals surface area contributed by atoms with Crippen LogP contribution in [-0.2, 0) is 24.9 Å². The average Bonchev–Trinajstić information content (AvgIpc) is 3.52. The van der Waals surface area contributed by atoms with Gasteiger partial charge in [-0.3, -0.25) is 14.4 Å². The third-order valence-electron chi connectivity index (χ3n) is 6.02. The number of likely N-dealkylation sites (tertiary alicyclic amines) is 1. The van der Waals surface area contributed by atoms with Crippen LogP contribution in [0.25, 0.3) is 0 Å². The van der Waals surface area contributed by atoms with Gasteiger partial charge in [-0.1, -0.05) is 12.1 Å². The number of carbonyl (C=O) groups excluding carboxylic acids is 1. The SMILES string of the molecule is Cn1cc(CN2CC3C(C2)n2cccc2C(=O)N3Cc2ccc(F)cc2)cn1.O=C(O)C(F)(F)F. The molecule has 1 amide bonds. The molecule has 2 atom stereocenters. The van der Waals surface area contributed by atoms with E-state index in [4.69, 9.17) is 9.90 Å². The van der Waals surface area contributed by atoms with Gasteiger partial charge < -0.3 is 14.6 Å². The summed E-state index contributed by atoms with van der Waals surface area (Å²) in [6, 6.07) is 10.6. The molecule has 0 bridgehead atoms. The lowest BCUT2D eigenvalue weighted by atomic mass is 10.0. The second-order valence-electron chi connectivity index (χ2n) is 8.51. The standard InChI is InChI=1S/C21H22FN5O.C2HF3O2/c1-24-10-16(9-23-24)11-25-13-19-20(14-25)27(12-15-4-6-17(22)7-5-15)21(28)18-3-2-8-26(18)19;3-2(4,5)1(6)7/h2-10,19-20H,11-14H2,1H3;(H,6,7).